The molecule has 2 aromatic heterocycles. The summed E-state index contributed by atoms with van der Waals surface area (Å²) in [7, 11) is -3.54. The van der Waals surface area contributed by atoms with Crippen molar-refractivity contribution >= 4 is 33.0 Å². The number of carbonyl (C=O) groups is 1. The zero-order valence-corrected chi connectivity index (χ0v) is 18.4. The molecule has 0 aliphatic carbocycles. The molecule has 0 radical (unpaired) electrons. The number of hydrogen-bond donors (Lipinski definition) is 0. The molecule has 1 fully saturated rings. The minimum atomic E-state index is -3.54. The van der Waals surface area contributed by atoms with Gasteiger partial charge in [-0.2, -0.15) is 9.40 Å². The molecule has 3 aromatic rings. The van der Waals surface area contributed by atoms with Gasteiger partial charge in [0.1, 0.15) is 0 Å². The molecule has 0 atom stereocenters. The van der Waals surface area contributed by atoms with Gasteiger partial charge in [-0.3, -0.25) is 4.79 Å². The smallest absolute Gasteiger partial charge is 0.255 e. The van der Waals surface area contributed by atoms with Gasteiger partial charge < -0.3 is 4.90 Å². The van der Waals surface area contributed by atoms with Crippen molar-refractivity contribution in [2.24, 2.45) is 0 Å². The minimum Gasteiger partial charge on any atom is -0.336 e. The average molecular weight is 440 g/mol. The molecule has 162 valence electrons. The summed E-state index contributed by atoms with van der Waals surface area (Å²) in [5.74, 6) is -0.149. The van der Waals surface area contributed by atoms with Crippen LogP contribution in [0.25, 0.3) is 17.1 Å². The molecule has 8 nitrogen and oxygen atoms in total. The highest BCUT2D eigenvalue weighted by atomic mass is 32.2. The number of benzene rings is 1. The van der Waals surface area contributed by atoms with Gasteiger partial charge in [0.05, 0.1) is 11.8 Å². The largest absolute Gasteiger partial charge is 0.336 e. The van der Waals surface area contributed by atoms with Crippen LogP contribution in [0, 0.1) is 0 Å². The van der Waals surface area contributed by atoms with E-state index in [9.17, 15) is 13.2 Å². The van der Waals surface area contributed by atoms with E-state index >= 15 is 0 Å². The Balaban J connectivity index is 1.42. The Morgan fingerprint density at radius 3 is 2.45 bits per heavy atom. The second-order valence-electron chi connectivity index (χ2n) is 7.77. The second kappa shape index (κ2) is 8.60. The average Bonchev–Trinajstić information content (AvgIpc) is 3.22. The van der Waals surface area contributed by atoms with Crippen LogP contribution in [0.3, 0.4) is 0 Å². The Morgan fingerprint density at radius 1 is 1.06 bits per heavy atom. The van der Waals surface area contributed by atoms with Crippen molar-refractivity contribution < 1.29 is 13.2 Å². The van der Waals surface area contributed by atoms with E-state index in [2.05, 4.69) is 10.1 Å². The van der Waals surface area contributed by atoms with Crippen LogP contribution in [0.5, 0.6) is 0 Å². The summed E-state index contributed by atoms with van der Waals surface area (Å²) in [6.07, 6.45) is 4.87. The summed E-state index contributed by atoms with van der Waals surface area (Å²) in [6, 6.07) is 11.3. The molecule has 1 aliphatic heterocycles. The number of carbonyl (C=O) groups excluding carboxylic acids is 1. The number of aromatic nitrogens is 3. The molecule has 3 heterocycles. The molecule has 9 heteroatoms. The van der Waals surface area contributed by atoms with Gasteiger partial charge in [0.2, 0.25) is 10.0 Å². The van der Waals surface area contributed by atoms with E-state index < -0.39 is 10.0 Å². The molecule has 1 amide bonds. The molecule has 0 bridgehead atoms. The van der Waals surface area contributed by atoms with E-state index in [1.165, 1.54) is 9.71 Å². The molecule has 1 aromatic carbocycles. The van der Waals surface area contributed by atoms with Gasteiger partial charge in [-0.25, -0.2) is 18.1 Å². The van der Waals surface area contributed by atoms with Crippen molar-refractivity contribution in [3.63, 3.8) is 0 Å². The topological polar surface area (TPSA) is 88.4 Å². The summed E-state index contributed by atoms with van der Waals surface area (Å²) in [5, 5.41) is 6.37. The lowest BCUT2D eigenvalue weighted by molar-refractivity contribution is 0.0698. The number of hydrogen-bond acceptors (Lipinski definition) is 5. The van der Waals surface area contributed by atoms with E-state index in [1.807, 2.05) is 48.9 Å². The minimum absolute atomic E-state index is 0.149. The molecular formula is C22H25N5O3S. The molecular weight excluding hydrogens is 414 g/mol. The van der Waals surface area contributed by atoms with E-state index in [4.69, 9.17) is 0 Å². The highest BCUT2D eigenvalue weighted by Gasteiger charge is 2.28. The first-order valence-electron chi connectivity index (χ1n) is 10.2. The van der Waals surface area contributed by atoms with Crippen molar-refractivity contribution in [3.8, 4) is 0 Å². The lowest BCUT2D eigenvalue weighted by atomic mass is 10.2. The number of amides is 1. The normalized spacial score (nSPS) is 15.9. The quantitative estimate of drug-likeness (QED) is 0.610. The van der Waals surface area contributed by atoms with Gasteiger partial charge >= 0.3 is 0 Å². The Labute approximate surface area is 181 Å². The fourth-order valence-corrected chi connectivity index (χ4v) is 4.75. The predicted octanol–water partition coefficient (Wildman–Crippen LogP) is 2.77. The van der Waals surface area contributed by atoms with Crippen molar-refractivity contribution in [2.75, 3.05) is 26.2 Å². The molecule has 1 aliphatic rings. The first-order chi connectivity index (χ1) is 14.8. The van der Waals surface area contributed by atoms with Crippen molar-refractivity contribution in [1.29, 1.82) is 0 Å². The van der Waals surface area contributed by atoms with Crippen LogP contribution < -0.4 is 0 Å². The number of piperazine rings is 1. The van der Waals surface area contributed by atoms with Crippen molar-refractivity contribution in [1.82, 2.24) is 24.0 Å². The third-order valence-electron chi connectivity index (χ3n) is 5.29. The highest BCUT2D eigenvalue weighted by molar-refractivity contribution is 7.92. The standard InChI is InChI=1S/C22H25N5O3S/c1-17(2)27-21-19(16-24-27)14-20(15-23-21)22(28)25-9-11-26(12-10-25)31(29,30)13-8-18-6-4-3-5-7-18/h3-8,13-17H,9-12H2,1-2H3. The van der Waals surface area contributed by atoms with E-state index in [0.717, 1.165) is 16.6 Å². The van der Waals surface area contributed by atoms with Gasteiger partial charge in [0.25, 0.3) is 5.91 Å². The van der Waals surface area contributed by atoms with Gasteiger partial charge in [-0.15, -0.1) is 0 Å². The zero-order chi connectivity index (χ0) is 22.0. The van der Waals surface area contributed by atoms with E-state index in [-0.39, 0.29) is 25.0 Å². The van der Waals surface area contributed by atoms with Gasteiger partial charge in [-0.1, -0.05) is 30.3 Å². The highest BCUT2D eigenvalue weighted by Crippen LogP contribution is 2.19. The van der Waals surface area contributed by atoms with Crippen LogP contribution in [0.4, 0.5) is 0 Å². The summed E-state index contributed by atoms with van der Waals surface area (Å²) in [5.41, 5.74) is 2.05. The lowest BCUT2D eigenvalue weighted by Crippen LogP contribution is -2.50. The molecule has 0 spiro atoms. The third kappa shape index (κ3) is 4.52. The molecule has 31 heavy (non-hydrogen) atoms. The molecule has 0 saturated carbocycles. The van der Waals surface area contributed by atoms with Crippen LogP contribution in [0.1, 0.15) is 35.8 Å². The Morgan fingerprint density at radius 2 is 1.77 bits per heavy atom. The Bertz CT molecular complexity index is 1210. The van der Waals surface area contributed by atoms with Crippen molar-refractivity contribution in [3.05, 3.63) is 65.3 Å². The maximum absolute atomic E-state index is 12.9. The maximum atomic E-state index is 12.9. The van der Waals surface area contributed by atoms with Crippen LogP contribution in [-0.2, 0) is 10.0 Å². The van der Waals surface area contributed by atoms with Crippen molar-refractivity contribution in [2.45, 2.75) is 19.9 Å². The summed E-state index contributed by atoms with van der Waals surface area (Å²) >= 11 is 0. The first-order valence-corrected chi connectivity index (χ1v) is 11.7. The van der Waals surface area contributed by atoms with Gasteiger partial charge in [0.15, 0.2) is 5.65 Å². The fourth-order valence-electron chi connectivity index (χ4n) is 3.58. The maximum Gasteiger partial charge on any atom is 0.255 e. The van der Waals surface area contributed by atoms with Crippen LogP contribution in [0.15, 0.2) is 54.2 Å². The first kappa shape index (κ1) is 21.2. The third-order valence-corrected chi connectivity index (χ3v) is 6.85. The molecule has 4 rings (SSSR count). The Hall–Kier alpha value is -3.04. The van der Waals surface area contributed by atoms with Gasteiger partial charge in [0, 0.05) is 49.2 Å². The number of fused-ring (bicyclic) bond motifs is 1. The summed E-state index contributed by atoms with van der Waals surface area (Å²) < 4.78 is 28.5. The number of pyridine rings is 1. The van der Waals surface area contributed by atoms with Crippen LogP contribution >= 0.6 is 0 Å². The fraction of sp³-hybridized carbons (Fsp3) is 0.318. The molecule has 0 unspecified atom stereocenters. The summed E-state index contributed by atoms with van der Waals surface area (Å²) in [6.45, 7) is 5.23. The van der Waals surface area contributed by atoms with Gasteiger partial charge in [-0.05, 0) is 31.6 Å². The van der Waals surface area contributed by atoms with Crippen LogP contribution in [-0.4, -0.2) is 64.5 Å². The van der Waals surface area contributed by atoms with Crippen LogP contribution in [0.2, 0.25) is 0 Å². The Kier molecular flexibility index (Phi) is 5.88. The lowest BCUT2D eigenvalue weighted by Gasteiger charge is -2.33. The van der Waals surface area contributed by atoms with E-state index in [0.29, 0.717) is 18.7 Å². The zero-order valence-electron chi connectivity index (χ0n) is 17.5. The second-order valence-corrected chi connectivity index (χ2v) is 9.59. The molecule has 0 N–H and O–H groups in total. The summed E-state index contributed by atoms with van der Waals surface area (Å²) in [4.78, 5) is 19.0. The SMILES string of the molecule is CC(C)n1ncc2cc(C(=O)N3CCN(S(=O)(=O)C=Cc4ccccc4)CC3)cnc21. The number of sulfonamides is 1. The monoisotopic (exact) mass is 439 g/mol. The molecule has 1 saturated heterocycles. The number of nitrogens with zero attached hydrogens (tertiary/aromatic N) is 5. The predicted molar refractivity (Wildman–Crippen MR) is 120 cm³/mol. The number of rotatable bonds is 5. The van der Waals surface area contributed by atoms with E-state index in [1.54, 1.807) is 29.4 Å².